The Hall–Kier alpha value is -8.46. The van der Waals surface area contributed by atoms with Crippen molar-refractivity contribution in [2.45, 2.75) is 51.4 Å². The minimum absolute atomic E-state index is 0.170. The summed E-state index contributed by atoms with van der Waals surface area (Å²) in [6.45, 7) is 18.9. The molecule has 0 amide bonds. The molecule has 0 radical (unpaired) electrons. The zero-order chi connectivity index (χ0) is 48.9. The van der Waals surface area contributed by atoms with Crippen molar-refractivity contribution < 1.29 is 0 Å². The Kier molecular flexibility index (Phi) is 10.0. The van der Waals surface area contributed by atoms with Crippen LogP contribution in [0.2, 0.25) is 0 Å². The van der Waals surface area contributed by atoms with Gasteiger partial charge in [0, 0.05) is 32.3 Å². The van der Waals surface area contributed by atoms with Crippen molar-refractivity contribution in [1.82, 2.24) is 9.13 Å². The van der Waals surface area contributed by atoms with E-state index in [1.807, 2.05) is 0 Å². The lowest BCUT2D eigenvalue weighted by Crippen LogP contribution is -2.18. The quantitative estimate of drug-likeness (QED) is 0.166. The van der Waals surface area contributed by atoms with Crippen molar-refractivity contribution in [2.75, 3.05) is 0 Å². The first-order valence-corrected chi connectivity index (χ1v) is 25.4. The Morgan fingerprint density at radius 2 is 1.04 bits per heavy atom. The zero-order valence-corrected chi connectivity index (χ0v) is 41.5. The van der Waals surface area contributed by atoms with Crippen LogP contribution in [0.25, 0.3) is 99.2 Å². The van der Waals surface area contributed by atoms with Crippen molar-refractivity contribution in [1.29, 1.82) is 0 Å². The van der Waals surface area contributed by atoms with Crippen LogP contribution < -0.4 is 0 Å². The molecule has 346 valence electrons. The Morgan fingerprint density at radius 1 is 0.472 bits per heavy atom. The van der Waals surface area contributed by atoms with Crippen LogP contribution >= 0.6 is 0 Å². The molecule has 3 aliphatic carbocycles. The standard InChI is InChI=1S/C70H56N2/c1-45-20-11-9-7-8-10-12-26-63(45)71-65-27-17-15-24-56(65)58-41-48(32-36-67(58)71)50-30-34-52-46(2)40-61-55(38-39-69(3,4)60(52)43-50)54-35-31-51(44-62(54)70(61,5)6)49-33-37-68-59(42-49)57-25-16-18-28-66(57)72(68)64-29-19-22-47-21-13-14-23-53(47)64/h7,9-38,40-44H,1-2,8,39H2,3-6H3/b9-7-,12-10-,20-11-,55-38?,61-40+,63-26?. The average molecular weight is 925 g/mol. The maximum absolute atomic E-state index is 4.83. The molecular weight excluding hydrogens is 869 g/mol. The van der Waals surface area contributed by atoms with Crippen LogP contribution in [0.1, 0.15) is 62.8 Å². The lowest BCUT2D eigenvalue weighted by atomic mass is 9.76. The summed E-state index contributed by atoms with van der Waals surface area (Å²) >= 11 is 0. The highest BCUT2D eigenvalue weighted by molar-refractivity contribution is 6.13. The zero-order valence-electron chi connectivity index (χ0n) is 41.5. The van der Waals surface area contributed by atoms with Gasteiger partial charge in [-0.1, -0.05) is 199 Å². The van der Waals surface area contributed by atoms with Gasteiger partial charge in [-0.15, -0.1) is 0 Å². The molecule has 0 saturated carbocycles. The summed E-state index contributed by atoms with van der Waals surface area (Å²) in [5.41, 5.74) is 21.4. The van der Waals surface area contributed by atoms with Gasteiger partial charge < -0.3 is 9.13 Å². The highest BCUT2D eigenvalue weighted by Crippen LogP contribution is 2.53. The second kappa shape index (κ2) is 16.6. The van der Waals surface area contributed by atoms with Gasteiger partial charge in [-0.3, -0.25) is 0 Å². The maximum atomic E-state index is 4.83. The second-order valence-electron chi connectivity index (χ2n) is 21.1. The summed E-state index contributed by atoms with van der Waals surface area (Å²) in [4.78, 5) is 0. The van der Waals surface area contributed by atoms with E-state index in [-0.39, 0.29) is 10.8 Å². The van der Waals surface area contributed by atoms with Crippen LogP contribution in [0.15, 0.2) is 243 Å². The van der Waals surface area contributed by atoms with E-state index >= 15 is 0 Å². The first-order chi connectivity index (χ1) is 35.0. The van der Waals surface area contributed by atoms with Gasteiger partial charge in [-0.2, -0.15) is 0 Å². The fourth-order valence-corrected chi connectivity index (χ4v) is 12.1. The van der Waals surface area contributed by atoms with Crippen LogP contribution in [0.3, 0.4) is 0 Å². The SMILES string of the molecule is C=C1/C=C\C=C/C/C=C\C=C1n1c2ccccc2c2cc(-c3ccc4c(c3)C(C)(C)CC=C3/C(=C\C4=C)C(C)(C)c4cc(-c5ccc6c(c5)c5ccccc5n6-c5cccc6ccccc56)ccc43)ccc21. The van der Waals surface area contributed by atoms with Gasteiger partial charge in [0.25, 0.3) is 0 Å². The summed E-state index contributed by atoms with van der Waals surface area (Å²) < 4.78 is 4.82. The number of benzene rings is 8. The second-order valence-corrected chi connectivity index (χ2v) is 21.1. The molecule has 0 saturated heterocycles. The highest BCUT2D eigenvalue weighted by atomic mass is 15.0. The monoisotopic (exact) mass is 924 g/mol. The fourth-order valence-electron chi connectivity index (χ4n) is 12.1. The molecule has 72 heavy (non-hydrogen) atoms. The molecular formula is C70H56N2. The van der Waals surface area contributed by atoms with Crippen LogP contribution in [0.5, 0.6) is 0 Å². The Morgan fingerprint density at radius 3 is 1.78 bits per heavy atom. The van der Waals surface area contributed by atoms with Crippen LogP contribution in [0, 0.1) is 0 Å². The molecule has 0 fully saturated rings. The lowest BCUT2D eigenvalue weighted by Gasteiger charge is -2.28. The summed E-state index contributed by atoms with van der Waals surface area (Å²) in [5, 5.41) is 7.47. The number of allylic oxidation sites excluding steroid dienone is 14. The normalized spacial score (nSPS) is 18.4. The number of rotatable bonds is 4. The summed E-state index contributed by atoms with van der Waals surface area (Å²) in [7, 11) is 0. The Bertz CT molecular complexity index is 4170. The Labute approximate surface area is 422 Å². The molecule has 0 aliphatic heterocycles. The molecule has 0 bridgehead atoms. The number of para-hydroxylation sites is 2. The minimum atomic E-state index is -0.238. The average Bonchev–Trinajstić information content (AvgIpc) is 3.99. The molecule has 2 nitrogen and oxygen atoms in total. The van der Waals surface area contributed by atoms with E-state index in [2.05, 4.69) is 262 Å². The fraction of sp³-hybridized carbons (Fsp3) is 0.114. The van der Waals surface area contributed by atoms with Crippen molar-refractivity contribution in [3.8, 4) is 27.9 Å². The smallest absolute Gasteiger partial charge is 0.0541 e. The van der Waals surface area contributed by atoms with Crippen molar-refractivity contribution >= 4 is 71.2 Å². The maximum Gasteiger partial charge on any atom is 0.0541 e. The molecule has 2 aromatic heterocycles. The number of hydrogen-bond donors (Lipinski definition) is 0. The van der Waals surface area contributed by atoms with Gasteiger partial charge in [0.15, 0.2) is 0 Å². The van der Waals surface area contributed by atoms with Gasteiger partial charge in [-0.25, -0.2) is 0 Å². The van der Waals surface area contributed by atoms with E-state index in [9.17, 15) is 0 Å². The van der Waals surface area contributed by atoms with Gasteiger partial charge in [0.1, 0.15) is 0 Å². The summed E-state index contributed by atoms with van der Waals surface area (Å²) in [6.07, 6.45) is 21.7. The third-order valence-electron chi connectivity index (χ3n) is 16.0. The number of fused-ring (bicyclic) bond motifs is 11. The van der Waals surface area contributed by atoms with Crippen molar-refractivity contribution in [2.24, 2.45) is 0 Å². The van der Waals surface area contributed by atoms with Gasteiger partial charge in [0.05, 0.1) is 33.5 Å². The molecule has 2 heteroatoms. The molecule has 0 atom stereocenters. The lowest BCUT2D eigenvalue weighted by molar-refractivity contribution is 0.533. The van der Waals surface area contributed by atoms with Crippen LogP contribution in [-0.2, 0) is 10.8 Å². The summed E-state index contributed by atoms with van der Waals surface area (Å²) in [5.74, 6) is 0. The molecule has 10 aromatic rings. The molecule has 3 aliphatic rings. The van der Waals surface area contributed by atoms with E-state index in [4.69, 9.17) is 6.58 Å². The number of nitrogens with zero attached hydrogens (tertiary/aromatic N) is 2. The predicted octanol–water partition coefficient (Wildman–Crippen LogP) is 18.8. The first kappa shape index (κ1) is 43.6. The first-order valence-electron chi connectivity index (χ1n) is 25.4. The van der Waals surface area contributed by atoms with Gasteiger partial charge >= 0.3 is 0 Å². The van der Waals surface area contributed by atoms with E-state index in [0.717, 1.165) is 29.7 Å². The number of aromatic nitrogens is 2. The summed E-state index contributed by atoms with van der Waals surface area (Å²) in [6, 6.07) is 61.2. The predicted molar refractivity (Wildman–Crippen MR) is 310 cm³/mol. The van der Waals surface area contributed by atoms with E-state index in [1.54, 1.807) is 0 Å². The topological polar surface area (TPSA) is 9.86 Å². The molecule has 2 heterocycles. The third-order valence-corrected chi connectivity index (χ3v) is 16.0. The van der Waals surface area contributed by atoms with Crippen molar-refractivity contribution in [3.63, 3.8) is 0 Å². The van der Waals surface area contributed by atoms with Crippen LogP contribution in [-0.4, -0.2) is 9.13 Å². The minimum Gasteiger partial charge on any atom is -0.309 e. The molecule has 0 unspecified atom stereocenters. The third kappa shape index (κ3) is 6.84. The highest BCUT2D eigenvalue weighted by Gasteiger charge is 2.40. The molecule has 0 N–H and O–H groups in total. The van der Waals surface area contributed by atoms with E-state index < -0.39 is 0 Å². The molecule has 0 spiro atoms. The van der Waals surface area contributed by atoms with Crippen LogP contribution in [0.4, 0.5) is 0 Å². The van der Waals surface area contributed by atoms with Gasteiger partial charge in [-0.05, 0) is 151 Å². The number of hydrogen-bond acceptors (Lipinski definition) is 0. The molecule has 13 rings (SSSR count). The molecule has 8 aromatic carbocycles. The largest absolute Gasteiger partial charge is 0.309 e. The Balaban J connectivity index is 0.863. The van der Waals surface area contributed by atoms with Gasteiger partial charge in [0.2, 0.25) is 0 Å². The van der Waals surface area contributed by atoms with E-state index in [0.29, 0.717) is 0 Å². The van der Waals surface area contributed by atoms with Crippen molar-refractivity contribution in [3.05, 3.63) is 265 Å². The van der Waals surface area contributed by atoms with E-state index in [1.165, 1.54) is 116 Å².